The Kier molecular flexibility index (Phi) is 4.44. The van der Waals surface area contributed by atoms with Gasteiger partial charge in [0.1, 0.15) is 11.4 Å². The molecule has 0 aromatic carbocycles. The number of amides is 1. The number of carbonyl (C=O) groups excluding carboxylic acids is 1. The third kappa shape index (κ3) is 3.14. The molecule has 0 aliphatic heterocycles. The van der Waals surface area contributed by atoms with Gasteiger partial charge in [-0.2, -0.15) is 0 Å². The summed E-state index contributed by atoms with van der Waals surface area (Å²) >= 11 is 0. The van der Waals surface area contributed by atoms with E-state index < -0.39 is 0 Å². The van der Waals surface area contributed by atoms with Crippen molar-refractivity contribution in [2.45, 2.75) is 6.54 Å². The van der Waals surface area contributed by atoms with Crippen molar-refractivity contribution >= 4 is 17.3 Å². The van der Waals surface area contributed by atoms with Gasteiger partial charge in [-0.15, -0.1) is 0 Å². The number of nitrogens with one attached hydrogen (secondary N) is 1. The summed E-state index contributed by atoms with van der Waals surface area (Å²) in [5.74, 6) is 0.682. The average molecular weight is 290 g/mol. The molecule has 0 aliphatic carbocycles. The lowest BCUT2D eigenvalue weighted by Crippen LogP contribution is -2.17. The first-order valence-electron chi connectivity index (χ1n) is 6.37. The number of nitrogens with zero attached hydrogens (tertiary/aromatic N) is 2. The molecule has 2 rings (SSSR count). The van der Waals surface area contributed by atoms with Gasteiger partial charge in [-0.1, -0.05) is 0 Å². The molecule has 2 aromatic rings. The van der Waals surface area contributed by atoms with Crippen LogP contribution in [-0.2, 0) is 6.54 Å². The highest BCUT2D eigenvalue weighted by Crippen LogP contribution is 2.32. The molecule has 0 radical (unpaired) electrons. The molecule has 21 heavy (non-hydrogen) atoms. The highest BCUT2D eigenvalue weighted by molar-refractivity contribution is 6.05. The number of anilines is 2. The molecule has 1 amide bonds. The first-order valence-corrected chi connectivity index (χ1v) is 6.37. The number of hydrogen-bond donors (Lipinski definition) is 2. The van der Waals surface area contributed by atoms with Crippen molar-refractivity contribution in [3.63, 3.8) is 0 Å². The third-order valence-electron chi connectivity index (χ3n) is 2.89. The molecule has 112 valence electrons. The number of methoxy groups -OCH3 is 1. The molecule has 0 saturated carbocycles. The first-order chi connectivity index (χ1) is 10.1. The average Bonchev–Trinajstić information content (AvgIpc) is 2.96. The van der Waals surface area contributed by atoms with Crippen LogP contribution >= 0.6 is 0 Å². The molecule has 0 fully saturated rings. The Morgan fingerprint density at radius 1 is 1.43 bits per heavy atom. The van der Waals surface area contributed by atoms with E-state index in [1.165, 1.54) is 7.11 Å². The molecule has 0 atom stereocenters. The van der Waals surface area contributed by atoms with E-state index in [4.69, 9.17) is 14.9 Å². The van der Waals surface area contributed by atoms with Crippen molar-refractivity contribution in [3.05, 3.63) is 35.9 Å². The smallest absolute Gasteiger partial charge is 0.291 e. The van der Waals surface area contributed by atoms with Gasteiger partial charge < -0.3 is 25.1 Å². The maximum atomic E-state index is 12.2. The summed E-state index contributed by atoms with van der Waals surface area (Å²) < 4.78 is 10.5. The van der Waals surface area contributed by atoms with Gasteiger partial charge in [-0.05, 0) is 18.2 Å². The standard InChI is InChI=1S/C14H18N4O3/c1-18(2)10-6-7-16-14(20-3)12(10)17-13(19)11-5-4-9(8-15)21-11/h4-7H,8,15H2,1-3H3,(H,17,19). The number of pyridine rings is 1. The fourth-order valence-corrected chi connectivity index (χ4v) is 1.86. The largest absolute Gasteiger partial charge is 0.479 e. The Bertz CT molecular complexity index is 637. The fourth-order valence-electron chi connectivity index (χ4n) is 1.86. The molecule has 0 saturated heterocycles. The number of nitrogens with two attached hydrogens (primary N) is 1. The molecular weight excluding hydrogens is 272 g/mol. The van der Waals surface area contributed by atoms with Crippen molar-refractivity contribution in [2.75, 3.05) is 31.4 Å². The van der Waals surface area contributed by atoms with Crippen LogP contribution in [-0.4, -0.2) is 32.1 Å². The Morgan fingerprint density at radius 3 is 2.76 bits per heavy atom. The van der Waals surface area contributed by atoms with E-state index in [9.17, 15) is 4.79 Å². The number of furan rings is 1. The lowest BCUT2D eigenvalue weighted by atomic mass is 10.3. The zero-order chi connectivity index (χ0) is 15.4. The minimum Gasteiger partial charge on any atom is -0.479 e. The van der Waals surface area contributed by atoms with Gasteiger partial charge in [-0.25, -0.2) is 4.98 Å². The van der Waals surface area contributed by atoms with E-state index >= 15 is 0 Å². The van der Waals surface area contributed by atoms with Crippen LogP contribution in [0.15, 0.2) is 28.8 Å². The minimum absolute atomic E-state index is 0.186. The van der Waals surface area contributed by atoms with Gasteiger partial charge >= 0.3 is 0 Å². The van der Waals surface area contributed by atoms with Crippen LogP contribution in [0.5, 0.6) is 5.88 Å². The van der Waals surface area contributed by atoms with E-state index in [0.717, 1.165) is 5.69 Å². The van der Waals surface area contributed by atoms with Gasteiger partial charge in [0, 0.05) is 20.3 Å². The van der Waals surface area contributed by atoms with Crippen LogP contribution in [0.1, 0.15) is 16.3 Å². The zero-order valence-corrected chi connectivity index (χ0v) is 12.2. The summed E-state index contributed by atoms with van der Waals surface area (Å²) in [6.07, 6.45) is 1.61. The van der Waals surface area contributed by atoms with Crippen molar-refractivity contribution < 1.29 is 13.9 Å². The molecule has 2 heterocycles. The van der Waals surface area contributed by atoms with E-state index in [2.05, 4.69) is 10.3 Å². The predicted molar refractivity (Wildman–Crippen MR) is 79.7 cm³/mol. The van der Waals surface area contributed by atoms with Crippen molar-refractivity contribution in [1.82, 2.24) is 4.98 Å². The summed E-state index contributed by atoms with van der Waals surface area (Å²) in [5.41, 5.74) is 6.73. The molecule has 7 nitrogen and oxygen atoms in total. The van der Waals surface area contributed by atoms with Crippen LogP contribution in [0.4, 0.5) is 11.4 Å². The van der Waals surface area contributed by atoms with Crippen LogP contribution in [0.3, 0.4) is 0 Å². The van der Waals surface area contributed by atoms with Gasteiger partial charge in [0.15, 0.2) is 5.76 Å². The van der Waals surface area contributed by atoms with Gasteiger partial charge in [0.05, 0.1) is 19.3 Å². The second-order valence-corrected chi connectivity index (χ2v) is 4.53. The van der Waals surface area contributed by atoms with E-state index in [1.54, 1.807) is 24.4 Å². The first kappa shape index (κ1) is 14.9. The predicted octanol–water partition coefficient (Wildman–Crippen LogP) is 1.46. The highest BCUT2D eigenvalue weighted by Gasteiger charge is 2.18. The number of ether oxygens (including phenoxy) is 1. The van der Waals surface area contributed by atoms with Crippen molar-refractivity contribution in [2.24, 2.45) is 5.73 Å². The van der Waals surface area contributed by atoms with Crippen LogP contribution in [0.25, 0.3) is 0 Å². The van der Waals surface area contributed by atoms with Gasteiger partial charge in [0.2, 0.25) is 5.88 Å². The Hall–Kier alpha value is -2.54. The second kappa shape index (κ2) is 6.27. The maximum Gasteiger partial charge on any atom is 0.291 e. The second-order valence-electron chi connectivity index (χ2n) is 4.53. The summed E-state index contributed by atoms with van der Waals surface area (Å²) in [6, 6.07) is 5.03. The van der Waals surface area contributed by atoms with Gasteiger partial charge in [-0.3, -0.25) is 4.79 Å². The molecular formula is C14H18N4O3. The Labute approximate surface area is 122 Å². The zero-order valence-electron chi connectivity index (χ0n) is 12.2. The highest BCUT2D eigenvalue weighted by atomic mass is 16.5. The van der Waals surface area contributed by atoms with E-state index in [0.29, 0.717) is 17.3 Å². The van der Waals surface area contributed by atoms with Crippen LogP contribution in [0, 0.1) is 0 Å². The normalized spacial score (nSPS) is 10.3. The lowest BCUT2D eigenvalue weighted by molar-refractivity contribution is 0.0994. The van der Waals surface area contributed by atoms with Crippen molar-refractivity contribution in [3.8, 4) is 5.88 Å². The SMILES string of the molecule is COc1nccc(N(C)C)c1NC(=O)c1ccc(CN)o1. The van der Waals surface area contributed by atoms with Crippen LogP contribution in [0.2, 0.25) is 0 Å². The summed E-state index contributed by atoms with van der Waals surface area (Å²) in [6.45, 7) is 0.243. The Balaban J connectivity index is 2.31. The summed E-state index contributed by atoms with van der Waals surface area (Å²) in [4.78, 5) is 18.2. The Morgan fingerprint density at radius 2 is 2.19 bits per heavy atom. The topological polar surface area (TPSA) is 93.6 Å². The molecule has 2 aromatic heterocycles. The molecule has 7 heteroatoms. The quantitative estimate of drug-likeness (QED) is 0.866. The van der Waals surface area contributed by atoms with Crippen molar-refractivity contribution in [1.29, 1.82) is 0 Å². The molecule has 0 aliphatic rings. The number of aromatic nitrogens is 1. The maximum absolute atomic E-state index is 12.2. The monoisotopic (exact) mass is 290 g/mol. The van der Waals surface area contributed by atoms with E-state index in [1.807, 2.05) is 19.0 Å². The summed E-state index contributed by atoms with van der Waals surface area (Å²) in [7, 11) is 5.23. The molecule has 0 spiro atoms. The third-order valence-corrected chi connectivity index (χ3v) is 2.89. The molecule has 0 unspecified atom stereocenters. The molecule has 0 bridgehead atoms. The lowest BCUT2D eigenvalue weighted by Gasteiger charge is -2.19. The fraction of sp³-hybridized carbons (Fsp3) is 0.286. The number of hydrogen-bond acceptors (Lipinski definition) is 6. The number of carbonyl (C=O) groups is 1. The molecule has 3 N–H and O–H groups in total. The number of rotatable bonds is 5. The van der Waals surface area contributed by atoms with Gasteiger partial charge in [0.25, 0.3) is 5.91 Å². The van der Waals surface area contributed by atoms with E-state index in [-0.39, 0.29) is 18.2 Å². The minimum atomic E-state index is -0.385. The summed E-state index contributed by atoms with van der Waals surface area (Å²) in [5, 5.41) is 2.76. The van der Waals surface area contributed by atoms with Crippen LogP contribution < -0.4 is 20.7 Å².